The molecular weight excluding hydrogens is 313 g/mol. The van der Waals surface area contributed by atoms with Crippen LogP contribution in [0.5, 0.6) is 0 Å². The van der Waals surface area contributed by atoms with Crippen LogP contribution in [0.25, 0.3) is 0 Å². The van der Waals surface area contributed by atoms with Crippen molar-refractivity contribution >= 4 is 35.1 Å². The molecule has 0 unspecified atom stereocenters. The zero-order chi connectivity index (χ0) is 15.4. The average Bonchev–Trinajstić information content (AvgIpc) is 2.73. The predicted octanol–water partition coefficient (Wildman–Crippen LogP) is 2.69. The van der Waals surface area contributed by atoms with Crippen LogP contribution in [0.1, 0.15) is 12.5 Å². The van der Waals surface area contributed by atoms with E-state index in [2.05, 4.69) is 0 Å². The maximum atomic E-state index is 12.2. The molecule has 1 aromatic carbocycles. The molecule has 112 valence electrons. The Bertz CT molecular complexity index is 572. The Morgan fingerprint density at radius 3 is 2.52 bits per heavy atom. The Morgan fingerprint density at radius 1 is 1.33 bits per heavy atom. The Kier molecular flexibility index (Phi) is 5.26. The van der Waals surface area contributed by atoms with E-state index in [0.717, 1.165) is 5.56 Å². The summed E-state index contributed by atoms with van der Waals surface area (Å²) in [4.78, 5) is 25.6. The van der Waals surface area contributed by atoms with E-state index < -0.39 is 17.9 Å². The number of carbonyl (C=O) groups excluding carboxylic acids is 2. The molecule has 0 radical (unpaired) electrons. The quantitative estimate of drug-likeness (QED) is 0.781. The van der Waals surface area contributed by atoms with Crippen LogP contribution in [0.15, 0.2) is 40.4 Å². The molecule has 1 atom stereocenters. The van der Waals surface area contributed by atoms with Gasteiger partial charge in [0.2, 0.25) is 0 Å². The lowest BCUT2D eigenvalue weighted by Gasteiger charge is -2.26. The van der Waals surface area contributed by atoms with Crippen molar-refractivity contribution in [3.05, 3.63) is 46.0 Å². The van der Waals surface area contributed by atoms with Gasteiger partial charge in [-0.25, -0.2) is 4.79 Å². The third-order valence-corrected chi connectivity index (χ3v) is 4.00. The van der Waals surface area contributed by atoms with Gasteiger partial charge in [0.25, 0.3) is 5.91 Å². The van der Waals surface area contributed by atoms with E-state index >= 15 is 0 Å². The molecule has 0 saturated carbocycles. The number of halogens is 2. The SMILES string of the molecule is CCOC(=O)[C@H](Cc1ccccc1)N1CC(Cl)=C(Cl)C1=O. The zero-order valence-corrected chi connectivity index (χ0v) is 13.0. The average molecular weight is 328 g/mol. The van der Waals surface area contributed by atoms with Crippen LogP contribution in [0.3, 0.4) is 0 Å². The lowest BCUT2D eigenvalue weighted by Crippen LogP contribution is -2.45. The number of carbonyl (C=O) groups is 2. The molecule has 1 aromatic rings. The molecule has 1 heterocycles. The third-order valence-electron chi connectivity index (χ3n) is 3.20. The summed E-state index contributed by atoms with van der Waals surface area (Å²) >= 11 is 11.8. The molecule has 0 spiro atoms. The van der Waals surface area contributed by atoms with Crippen molar-refractivity contribution in [2.45, 2.75) is 19.4 Å². The topological polar surface area (TPSA) is 46.6 Å². The van der Waals surface area contributed by atoms with Gasteiger partial charge in [0, 0.05) is 6.42 Å². The van der Waals surface area contributed by atoms with Gasteiger partial charge in [0.1, 0.15) is 11.1 Å². The molecular formula is C15H15Cl2NO3. The number of esters is 1. The zero-order valence-electron chi connectivity index (χ0n) is 11.5. The van der Waals surface area contributed by atoms with Gasteiger partial charge in [-0.15, -0.1) is 0 Å². The Balaban J connectivity index is 2.21. The number of amides is 1. The number of ether oxygens (including phenoxy) is 1. The minimum atomic E-state index is -0.732. The monoisotopic (exact) mass is 327 g/mol. The first kappa shape index (κ1) is 15.9. The predicted molar refractivity (Wildman–Crippen MR) is 81.0 cm³/mol. The molecule has 4 nitrogen and oxygen atoms in total. The summed E-state index contributed by atoms with van der Waals surface area (Å²) in [6, 6.07) is 8.69. The maximum Gasteiger partial charge on any atom is 0.329 e. The van der Waals surface area contributed by atoms with Gasteiger partial charge >= 0.3 is 5.97 Å². The molecule has 0 fully saturated rings. The van der Waals surface area contributed by atoms with Crippen molar-refractivity contribution in [3.63, 3.8) is 0 Å². The van der Waals surface area contributed by atoms with Crippen molar-refractivity contribution < 1.29 is 14.3 Å². The molecule has 1 aliphatic heterocycles. The number of hydrogen-bond acceptors (Lipinski definition) is 3. The molecule has 1 aliphatic rings. The van der Waals surface area contributed by atoms with E-state index in [9.17, 15) is 9.59 Å². The van der Waals surface area contributed by atoms with Crippen molar-refractivity contribution in [2.75, 3.05) is 13.2 Å². The molecule has 0 aromatic heterocycles. The lowest BCUT2D eigenvalue weighted by atomic mass is 10.0. The molecule has 0 aliphatic carbocycles. The van der Waals surface area contributed by atoms with Crippen LogP contribution in [0.2, 0.25) is 0 Å². The van der Waals surface area contributed by atoms with E-state index in [0.29, 0.717) is 6.42 Å². The largest absolute Gasteiger partial charge is 0.464 e. The van der Waals surface area contributed by atoms with Gasteiger partial charge in [-0.1, -0.05) is 53.5 Å². The number of rotatable bonds is 5. The van der Waals surface area contributed by atoms with Gasteiger partial charge in [0.05, 0.1) is 18.2 Å². The van der Waals surface area contributed by atoms with Gasteiger partial charge in [-0.2, -0.15) is 0 Å². The van der Waals surface area contributed by atoms with E-state index in [-0.39, 0.29) is 23.2 Å². The third kappa shape index (κ3) is 3.57. The summed E-state index contributed by atoms with van der Waals surface area (Å²) in [5, 5.41) is 0.225. The van der Waals surface area contributed by atoms with Crippen LogP contribution in [-0.4, -0.2) is 36.0 Å². The second kappa shape index (κ2) is 6.96. The smallest absolute Gasteiger partial charge is 0.329 e. The normalized spacial score (nSPS) is 16.3. The highest BCUT2D eigenvalue weighted by Crippen LogP contribution is 2.28. The summed E-state index contributed by atoms with van der Waals surface area (Å²) in [7, 11) is 0. The van der Waals surface area contributed by atoms with E-state index in [1.807, 2.05) is 30.3 Å². The van der Waals surface area contributed by atoms with Gasteiger partial charge in [-0.05, 0) is 12.5 Å². The fraction of sp³-hybridized carbons (Fsp3) is 0.333. The first-order valence-electron chi connectivity index (χ1n) is 6.60. The second-order valence-electron chi connectivity index (χ2n) is 4.61. The summed E-state index contributed by atoms with van der Waals surface area (Å²) in [5.74, 6) is -0.888. The van der Waals surface area contributed by atoms with Crippen molar-refractivity contribution in [1.29, 1.82) is 0 Å². The minimum Gasteiger partial charge on any atom is -0.464 e. The first-order chi connectivity index (χ1) is 10.0. The van der Waals surface area contributed by atoms with E-state index in [4.69, 9.17) is 27.9 Å². The van der Waals surface area contributed by atoms with Crippen LogP contribution in [0.4, 0.5) is 0 Å². The molecule has 0 saturated heterocycles. The summed E-state index contributed by atoms with van der Waals surface area (Å²) < 4.78 is 5.07. The summed E-state index contributed by atoms with van der Waals surface area (Å²) in [6.45, 7) is 2.11. The van der Waals surface area contributed by atoms with E-state index in [1.165, 1.54) is 4.90 Å². The minimum absolute atomic E-state index is 0.0287. The molecule has 6 heteroatoms. The van der Waals surface area contributed by atoms with Crippen molar-refractivity contribution in [3.8, 4) is 0 Å². The molecule has 1 amide bonds. The summed E-state index contributed by atoms with van der Waals surface area (Å²) in [5.41, 5.74) is 0.933. The van der Waals surface area contributed by atoms with Gasteiger partial charge < -0.3 is 9.64 Å². The molecule has 0 N–H and O–H groups in total. The van der Waals surface area contributed by atoms with Crippen molar-refractivity contribution in [1.82, 2.24) is 4.90 Å². The van der Waals surface area contributed by atoms with Gasteiger partial charge in [-0.3, -0.25) is 4.79 Å². The number of hydrogen-bond donors (Lipinski definition) is 0. The molecule has 0 bridgehead atoms. The van der Waals surface area contributed by atoms with Crippen LogP contribution in [-0.2, 0) is 20.7 Å². The standard InChI is InChI=1S/C15H15Cl2NO3/c1-2-21-15(20)12(8-10-6-4-3-5-7-10)18-9-11(16)13(17)14(18)19/h3-7,12H,2,8-9H2,1H3/t12-/m0/s1. The highest BCUT2D eigenvalue weighted by atomic mass is 35.5. The second-order valence-corrected chi connectivity index (χ2v) is 5.44. The maximum absolute atomic E-state index is 12.2. The number of nitrogens with zero attached hydrogens (tertiary/aromatic N) is 1. The van der Waals surface area contributed by atoms with Crippen molar-refractivity contribution in [2.24, 2.45) is 0 Å². The molecule has 2 rings (SSSR count). The van der Waals surface area contributed by atoms with E-state index in [1.54, 1.807) is 6.92 Å². The Labute approximate surface area is 133 Å². The van der Waals surface area contributed by atoms with Crippen LogP contribution >= 0.6 is 23.2 Å². The first-order valence-corrected chi connectivity index (χ1v) is 7.35. The van der Waals surface area contributed by atoms with Crippen LogP contribution in [0, 0.1) is 0 Å². The number of benzene rings is 1. The Morgan fingerprint density at radius 2 is 2.00 bits per heavy atom. The van der Waals surface area contributed by atoms with Gasteiger partial charge in [0.15, 0.2) is 0 Å². The Hall–Kier alpha value is -1.52. The summed E-state index contributed by atoms with van der Waals surface area (Å²) in [6.07, 6.45) is 0.361. The lowest BCUT2D eigenvalue weighted by molar-refractivity contribution is -0.152. The van der Waals surface area contributed by atoms with Crippen LogP contribution < -0.4 is 0 Å². The fourth-order valence-electron chi connectivity index (χ4n) is 2.18. The fourth-order valence-corrected chi connectivity index (χ4v) is 2.56. The molecule has 21 heavy (non-hydrogen) atoms. The highest BCUT2D eigenvalue weighted by molar-refractivity contribution is 6.49. The highest BCUT2D eigenvalue weighted by Gasteiger charge is 2.37.